The minimum atomic E-state index is -0.178. The maximum Gasteiger partial charge on any atom is 0.319 e. The van der Waals surface area contributed by atoms with Crippen LogP contribution in [0.3, 0.4) is 0 Å². The van der Waals surface area contributed by atoms with Crippen molar-refractivity contribution in [1.29, 1.82) is 0 Å². The van der Waals surface area contributed by atoms with Gasteiger partial charge >= 0.3 is 6.03 Å². The number of carbonyl (C=O) groups is 1. The third-order valence-electron chi connectivity index (χ3n) is 3.34. The molecule has 0 fully saturated rings. The molecule has 0 radical (unpaired) electrons. The van der Waals surface area contributed by atoms with Gasteiger partial charge in [-0.2, -0.15) is 0 Å². The number of carbonyl (C=O) groups excluding carboxylic acids is 1. The number of benzene rings is 1. The average Bonchev–Trinajstić information content (AvgIpc) is 2.94. The molecule has 0 saturated heterocycles. The second-order valence-corrected chi connectivity index (χ2v) is 5.12. The van der Waals surface area contributed by atoms with Crippen molar-refractivity contribution in [3.05, 3.63) is 23.8 Å². The van der Waals surface area contributed by atoms with Crippen molar-refractivity contribution >= 4 is 11.7 Å². The summed E-state index contributed by atoms with van der Waals surface area (Å²) in [5.74, 6) is 0.921. The molecule has 2 amide bonds. The molecule has 1 heterocycles. The van der Waals surface area contributed by atoms with E-state index in [2.05, 4.69) is 17.6 Å². The highest BCUT2D eigenvalue weighted by molar-refractivity contribution is 5.89. The Balaban J connectivity index is 1.61. The second-order valence-electron chi connectivity index (χ2n) is 5.12. The van der Waals surface area contributed by atoms with Crippen LogP contribution in [0.5, 0.6) is 5.75 Å². The maximum atomic E-state index is 11.8. The van der Waals surface area contributed by atoms with Crippen molar-refractivity contribution in [2.45, 2.75) is 32.6 Å². The van der Waals surface area contributed by atoms with Crippen LogP contribution in [0.15, 0.2) is 18.2 Å². The van der Waals surface area contributed by atoms with Gasteiger partial charge in [-0.25, -0.2) is 4.79 Å². The molecule has 5 nitrogen and oxygen atoms in total. The Morgan fingerprint density at radius 3 is 3.05 bits per heavy atom. The van der Waals surface area contributed by atoms with E-state index in [1.54, 1.807) is 0 Å². The number of unbranched alkanes of at least 4 members (excludes halogenated alkanes) is 1. The molecule has 0 atom stereocenters. The van der Waals surface area contributed by atoms with Crippen LogP contribution in [-0.4, -0.2) is 32.4 Å². The van der Waals surface area contributed by atoms with Gasteiger partial charge in [-0.15, -0.1) is 0 Å². The summed E-state index contributed by atoms with van der Waals surface area (Å²) in [6.45, 7) is 4.98. The number of rotatable bonds is 8. The molecule has 0 unspecified atom stereocenters. The first-order valence-corrected chi connectivity index (χ1v) is 7.68. The van der Waals surface area contributed by atoms with Gasteiger partial charge in [-0.3, -0.25) is 0 Å². The molecule has 5 heteroatoms. The first kappa shape index (κ1) is 15.6. The van der Waals surface area contributed by atoms with E-state index in [1.165, 1.54) is 0 Å². The number of fused-ring (bicyclic) bond motifs is 1. The van der Waals surface area contributed by atoms with E-state index in [-0.39, 0.29) is 6.03 Å². The lowest BCUT2D eigenvalue weighted by molar-refractivity contribution is 0.129. The lowest BCUT2D eigenvalue weighted by atomic mass is 10.1. The number of nitrogens with one attached hydrogen (secondary N) is 2. The zero-order chi connectivity index (χ0) is 14.9. The van der Waals surface area contributed by atoms with Crippen molar-refractivity contribution in [2.24, 2.45) is 0 Å². The van der Waals surface area contributed by atoms with Crippen LogP contribution >= 0.6 is 0 Å². The molecule has 0 saturated carbocycles. The molecule has 1 aliphatic rings. The predicted molar refractivity (Wildman–Crippen MR) is 83.0 cm³/mol. The van der Waals surface area contributed by atoms with Gasteiger partial charge in [0.05, 0.1) is 6.61 Å². The number of anilines is 1. The zero-order valence-corrected chi connectivity index (χ0v) is 12.6. The Morgan fingerprint density at radius 2 is 2.19 bits per heavy atom. The average molecular weight is 292 g/mol. The molecular weight excluding hydrogens is 268 g/mol. The van der Waals surface area contributed by atoms with Crippen molar-refractivity contribution in [2.75, 3.05) is 31.7 Å². The van der Waals surface area contributed by atoms with Crippen LogP contribution in [0.4, 0.5) is 10.5 Å². The van der Waals surface area contributed by atoms with Crippen molar-refractivity contribution in [3.8, 4) is 5.75 Å². The molecule has 21 heavy (non-hydrogen) atoms. The van der Waals surface area contributed by atoms with Crippen LogP contribution in [0.1, 0.15) is 31.7 Å². The van der Waals surface area contributed by atoms with E-state index < -0.39 is 0 Å². The standard InChI is InChI=1S/C16H24N2O3/c1-2-3-9-20-10-4-8-17-16(19)18-14-5-6-15-13(12-14)7-11-21-15/h5-6,12H,2-4,7-11H2,1H3,(H2,17,18,19). The zero-order valence-electron chi connectivity index (χ0n) is 12.6. The lowest BCUT2D eigenvalue weighted by Crippen LogP contribution is -2.30. The largest absolute Gasteiger partial charge is 0.493 e. The van der Waals surface area contributed by atoms with Crippen molar-refractivity contribution in [3.63, 3.8) is 0 Å². The summed E-state index contributed by atoms with van der Waals surface area (Å²) in [6, 6.07) is 5.55. The highest BCUT2D eigenvalue weighted by Gasteiger charge is 2.12. The van der Waals surface area contributed by atoms with Gasteiger partial charge in [0.25, 0.3) is 0 Å². The molecule has 1 aliphatic heterocycles. The van der Waals surface area contributed by atoms with Gasteiger partial charge in [-0.1, -0.05) is 13.3 Å². The number of hydrogen-bond donors (Lipinski definition) is 2. The molecule has 2 rings (SSSR count). The minimum absolute atomic E-state index is 0.178. The number of urea groups is 1. The summed E-state index contributed by atoms with van der Waals surface area (Å²) in [5.41, 5.74) is 1.95. The Morgan fingerprint density at radius 1 is 1.33 bits per heavy atom. The molecule has 2 N–H and O–H groups in total. The first-order valence-electron chi connectivity index (χ1n) is 7.68. The summed E-state index contributed by atoms with van der Waals surface area (Å²) in [6.07, 6.45) is 3.97. The number of hydrogen-bond acceptors (Lipinski definition) is 3. The van der Waals surface area contributed by atoms with Gasteiger partial charge in [-0.05, 0) is 36.6 Å². The molecule has 0 aromatic heterocycles. The van der Waals surface area contributed by atoms with Gasteiger partial charge in [0.1, 0.15) is 5.75 Å². The van der Waals surface area contributed by atoms with Crippen LogP contribution in [0, 0.1) is 0 Å². The normalized spacial score (nSPS) is 12.6. The Labute approximate surface area is 126 Å². The summed E-state index contributed by atoms with van der Waals surface area (Å²) in [4.78, 5) is 11.8. The van der Waals surface area contributed by atoms with E-state index in [0.717, 1.165) is 55.9 Å². The minimum Gasteiger partial charge on any atom is -0.493 e. The molecule has 116 valence electrons. The fourth-order valence-corrected chi connectivity index (χ4v) is 2.16. The number of amides is 2. The van der Waals surface area contributed by atoms with E-state index in [9.17, 15) is 4.79 Å². The summed E-state index contributed by atoms with van der Waals surface area (Å²) in [5, 5.41) is 5.66. The fourth-order valence-electron chi connectivity index (χ4n) is 2.16. The van der Waals surface area contributed by atoms with Crippen LogP contribution in [0.25, 0.3) is 0 Å². The van der Waals surface area contributed by atoms with E-state index in [1.807, 2.05) is 18.2 Å². The SMILES string of the molecule is CCCCOCCCNC(=O)Nc1ccc2c(c1)CCO2. The fraction of sp³-hybridized carbons (Fsp3) is 0.562. The lowest BCUT2D eigenvalue weighted by Gasteiger charge is -2.09. The second kappa shape index (κ2) is 8.52. The third-order valence-corrected chi connectivity index (χ3v) is 3.34. The summed E-state index contributed by atoms with van der Waals surface area (Å²) < 4.78 is 10.9. The van der Waals surface area contributed by atoms with Gasteiger partial charge in [0.15, 0.2) is 0 Å². The van der Waals surface area contributed by atoms with E-state index >= 15 is 0 Å². The molecule has 0 bridgehead atoms. The molecule has 1 aromatic carbocycles. The Kier molecular flexibility index (Phi) is 6.34. The third kappa shape index (κ3) is 5.27. The van der Waals surface area contributed by atoms with Gasteiger partial charge in [0.2, 0.25) is 0 Å². The Hall–Kier alpha value is -1.75. The first-order chi connectivity index (χ1) is 10.3. The summed E-state index contributed by atoms with van der Waals surface area (Å²) >= 11 is 0. The molecular formula is C16H24N2O3. The maximum absolute atomic E-state index is 11.8. The predicted octanol–water partition coefficient (Wildman–Crippen LogP) is 2.95. The van der Waals surface area contributed by atoms with Gasteiger partial charge < -0.3 is 20.1 Å². The van der Waals surface area contributed by atoms with Crippen molar-refractivity contribution in [1.82, 2.24) is 5.32 Å². The van der Waals surface area contributed by atoms with Gasteiger partial charge in [0, 0.05) is 31.9 Å². The summed E-state index contributed by atoms with van der Waals surface area (Å²) in [7, 11) is 0. The highest BCUT2D eigenvalue weighted by Crippen LogP contribution is 2.27. The quantitative estimate of drug-likeness (QED) is 0.724. The monoisotopic (exact) mass is 292 g/mol. The van der Waals surface area contributed by atoms with Crippen LogP contribution in [0.2, 0.25) is 0 Å². The van der Waals surface area contributed by atoms with Crippen LogP contribution in [-0.2, 0) is 11.2 Å². The Bertz CT molecular complexity index is 463. The van der Waals surface area contributed by atoms with E-state index in [4.69, 9.17) is 9.47 Å². The van der Waals surface area contributed by atoms with E-state index in [0.29, 0.717) is 13.2 Å². The number of ether oxygens (including phenoxy) is 2. The smallest absolute Gasteiger partial charge is 0.319 e. The van der Waals surface area contributed by atoms with Crippen LogP contribution < -0.4 is 15.4 Å². The highest BCUT2D eigenvalue weighted by atomic mass is 16.5. The topological polar surface area (TPSA) is 59.6 Å². The van der Waals surface area contributed by atoms with Crippen molar-refractivity contribution < 1.29 is 14.3 Å². The molecule has 0 spiro atoms. The molecule has 0 aliphatic carbocycles. The molecule has 1 aromatic rings.